The molecule has 0 saturated carbocycles. The molecule has 23 heavy (non-hydrogen) atoms. The Morgan fingerprint density at radius 1 is 1.13 bits per heavy atom. The number of rotatable bonds is 4. The Labute approximate surface area is 139 Å². The predicted octanol–water partition coefficient (Wildman–Crippen LogP) is 2.65. The zero-order valence-corrected chi connectivity index (χ0v) is 13.7. The average molecular weight is 328 g/mol. The maximum atomic E-state index is 9.93. The molecular formula is C17H20N4OS. The first-order chi connectivity index (χ1) is 11.3. The summed E-state index contributed by atoms with van der Waals surface area (Å²) in [6.07, 6.45) is 3.69. The molecule has 5 nitrogen and oxygen atoms in total. The Kier molecular flexibility index (Phi) is 4.03. The molecule has 120 valence electrons. The van der Waals surface area contributed by atoms with Crippen LogP contribution in [0.4, 0.5) is 0 Å². The lowest BCUT2D eigenvalue weighted by atomic mass is 10.2. The third kappa shape index (κ3) is 3.24. The highest BCUT2D eigenvalue weighted by Crippen LogP contribution is 2.32. The van der Waals surface area contributed by atoms with Crippen molar-refractivity contribution in [3.8, 4) is 5.75 Å². The van der Waals surface area contributed by atoms with E-state index in [1.807, 2.05) is 18.5 Å². The number of thiophene rings is 1. The van der Waals surface area contributed by atoms with E-state index in [2.05, 4.69) is 31.9 Å². The van der Waals surface area contributed by atoms with E-state index in [-0.39, 0.29) is 0 Å². The number of aromatic amines is 1. The van der Waals surface area contributed by atoms with Gasteiger partial charge >= 0.3 is 0 Å². The smallest absolute Gasteiger partial charge is 0.124 e. The molecule has 3 heterocycles. The van der Waals surface area contributed by atoms with Gasteiger partial charge in [-0.3, -0.25) is 9.80 Å². The molecule has 1 aromatic carbocycles. The zero-order valence-electron chi connectivity index (χ0n) is 12.9. The molecule has 4 rings (SSSR count). The van der Waals surface area contributed by atoms with Crippen LogP contribution in [0.2, 0.25) is 0 Å². The molecule has 0 atom stereocenters. The molecule has 0 spiro atoms. The minimum atomic E-state index is 0.383. The highest BCUT2D eigenvalue weighted by atomic mass is 32.1. The minimum absolute atomic E-state index is 0.383. The number of nitrogens with one attached hydrogen (secondary N) is 1. The number of H-pyrrole nitrogens is 1. The van der Waals surface area contributed by atoms with E-state index >= 15 is 0 Å². The van der Waals surface area contributed by atoms with Gasteiger partial charge in [-0.1, -0.05) is 6.07 Å². The molecule has 0 unspecified atom stereocenters. The monoisotopic (exact) mass is 328 g/mol. The molecule has 0 aliphatic carbocycles. The Morgan fingerprint density at radius 3 is 2.61 bits per heavy atom. The van der Waals surface area contributed by atoms with Crippen molar-refractivity contribution in [3.63, 3.8) is 0 Å². The van der Waals surface area contributed by atoms with Gasteiger partial charge in [0, 0.05) is 60.1 Å². The number of imidazole rings is 1. The molecule has 1 saturated heterocycles. The van der Waals surface area contributed by atoms with Gasteiger partial charge in [0.2, 0.25) is 0 Å². The number of hydrogen-bond donors (Lipinski definition) is 2. The van der Waals surface area contributed by atoms with Crippen LogP contribution in [0.25, 0.3) is 10.1 Å². The Balaban J connectivity index is 1.36. The lowest BCUT2D eigenvalue weighted by Gasteiger charge is -2.33. The third-order valence-corrected chi connectivity index (χ3v) is 5.45. The van der Waals surface area contributed by atoms with Crippen LogP contribution in [0.3, 0.4) is 0 Å². The standard InChI is InChI=1S/C17H20N4OS/c22-15-2-1-3-16-14(15)10-13(23-16)11-20-6-8-21(9-7-20)12-17-18-4-5-19-17/h1-5,10,22H,6-9,11-12H2,(H,18,19). The number of hydrogen-bond acceptors (Lipinski definition) is 5. The summed E-state index contributed by atoms with van der Waals surface area (Å²) in [7, 11) is 0. The van der Waals surface area contributed by atoms with Crippen LogP contribution in [-0.4, -0.2) is 51.1 Å². The maximum Gasteiger partial charge on any atom is 0.124 e. The fourth-order valence-corrected chi connectivity index (χ4v) is 4.22. The van der Waals surface area contributed by atoms with Crippen LogP contribution in [0.5, 0.6) is 5.75 Å². The van der Waals surface area contributed by atoms with Gasteiger partial charge in [-0.15, -0.1) is 11.3 Å². The molecular weight excluding hydrogens is 308 g/mol. The van der Waals surface area contributed by atoms with Gasteiger partial charge in [-0.2, -0.15) is 0 Å². The van der Waals surface area contributed by atoms with Crippen molar-refractivity contribution in [2.45, 2.75) is 13.1 Å². The molecule has 1 fully saturated rings. The summed E-state index contributed by atoms with van der Waals surface area (Å²) in [6, 6.07) is 7.87. The van der Waals surface area contributed by atoms with E-state index in [1.54, 1.807) is 17.4 Å². The lowest BCUT2D eigenvalue weighted by molar-refractivity contribution is 0.121. The topological polar surface area (TPSA) is 55.4 Å². The van der Waals surface area contributed by atoms with Crippen molar-refractivity contribution < 1.29 is 5.11 Å². The summed E-state index contributed by atoms with van der Waals surface area (Å²) in [5.74, 6) is 1.42. The number of aromatic hydroxyl groups is 1. The normalized spacial score (nSPS) is 17.0. The van der Waals surface area contributed by atoms with Crippen LogP contribution in [0.1, 0.15) is 10.7 Å². The largest absolute Gasteiger partial charge is 0.507 e. The second-order valence-electron chi connectivity index (χ2n) is 5.99. The van der Waals surface area contributed by atoms with Crippen molar-refractivity contribution >= 4 is 21.4 Å². The summed E-state index contributed by atoms with van der Waals surface area (Å²) in [4.78, 5) is 13.7. The van der Waals surface area contributed by atoms with Crippen molar-refractivity contribution in [2.75, 3.05) is 26.2 Å². The minimum Gasteiger partial charge on any atom is -0.507 e. The molecule has 0 radical (unpaired) electrons. The van der Waals surface area contributed by atoms with Crippen LogP contribution in [0.15, 0.2) is 36.7 Å². The van der Waals surface area contributed by atoms with Crippen molar-refractivity contribution in [1.29, 1.82) is 0 Å². The number of phenols is 1. The van der Waals surface area contributed by atoms with Gasteiger partial charge in [-0.25, -0.2) is 4.98 Å². The number of nitrogens with zero attached hydrogens (tertiary/aromatic N) is 3. The lowest BCUT2D eigenvalue weighted by Crippen LogP contribution is -2.45. The molecule has 2 aromatic heterocycles. The van der Waals surface area contributed by atoms with Crippen molar-refractivity contribution in [1.82, 2.24) is 19.8 Å². The number of piperazine rings is 1. The van der Waals surface area contributed by atoms with E-state index in [4.69, 9.17) is 0 Å². The Morgan fingerprint density at radius 2 is 1.91 bits per heavy atom. The summed E-state index contributed by atoms with van der Waals surface area (Å²) >= 11 is 1.78. The summed E-state index contributed by atoms with van der Waals surface area (Å²) in [6.45, 7) is 6.14. The van der Waals surface area contributed by atoms with Gasteiger partial charge in [0.25, 0.3) is 0 Å². The molecule has 1 aliphatic heterocycles. The predicted molar refractivity (Wildman–Crippen MR) is 92.6 cm³/mol. The van der Waals surface area contributed by atoms with Crippen LogP contribution in [0, 0.1) is 0 Å². The Bertz CT molecular complexity index is 775. The quantitative estimate of drug-likeness (QED) is 0.773. The summed E-state index contributed by atoms with van der Waals surface area (Å²) < 4.78 is 1.16. The first-order valence-corrected chi connectivity index (χ1v) is 8.73. The van der Waals surface area contributed by atoms with Crippen molar-refractivity contribution in [3.05, 3.63) is 47.4 Å². The van der Waals surface area contributed by atoms with Gasteiger partial charge in [0.05, 0.1) is 6.54 Å². The highest BCUT2D eigenvalue weighted by molar-refractivity contribution is 7.19. The highest BCUT2D eigenvalue weighted by Gasteiger charge is 2.18. The van der Waals surface area contributed by atoms with Crippen LogP contribution < -0.4 is 0 Å². The molecule has 6 heteroatoms. The van der Waals surface area contributed by atoms with E-state index in [0.717, 1.165) is 55.2 Å². The fourth-order valence-electron chi connectivity index (χ4n) is 3.10. The number of benzene rings is 1. The summed E-state index contributed by atoms with van der Waals surface area (Å²) in [5.41, 5.74) is 0. The molecule has 1 aliphatic rings. The second kappa shape index (κ2) is 6.31. The van der Waals surface area contributed by atoms with Crippen LogP contribution >= 0.6 is 11.3 Å². The number of aromatic nitrogens is 2. The first-order valence-electron chi connectivity index (χ1n) is 7.91. The van der Waals surface area contributed by atoms with E-state index in [1.165, 1.54) is 4.88 Å². The second-order valence-corrected chi connectivity index (χ2v) is 7.16. The SMILES string of the molecule is Oc1cccc2sc(CN3CCN(Cc4ncc[nH]4)CC3)cc12. The van der Waals surface area contributed by atoms with E-state index < -0.39 is 0 Å². The Hall–Kier alpha value is -1.89. The van der Waals surface area contributed by atoms with E-state index in [0.29, 0.717) is 5.75 Å². The molecule has 3 aromatic rings. The number of phenolic OH excluding ortho intramolecular Hbond substituents is 1. The first kappa shape index (κ1) is 14.7. The van der Waals surface area contributed by atoms with Gasteiger partial charge < -0.3 is 10.1 Å². The van der Waals surface area contributed by atoms with Gasteiger partial charge in [-0.05, 0) is 18.2 Å². The molecule has 0 amide bonds. The number of fused-ring (bicyclic) bond motifs is 1. The van der Waals surface area contributed by atoms with Gasteiger partial charge in [0.15, 0.2) is 0 Å². The van der Waals surface area contributed by atoms with Crippen molar-refractivity contribution in [2.24, 2.45) is 0 Å². The van der Waals surface area contributed by atoms with Gasteiger partial charge in [0.1, 0.15) is 11.6 Å². The zero-order chi connectivity index (χ0) is 15.6. The molecule has 0 bridgehead atoms. The maximum absolute atomic E-state index is 9.93. The average Bonchev–Trinajstić information content (AvgIpc) is 3.19. The fraction of sp³-hybridized carbons (Fsp3) is 0.353. The molecule has 2 N–H and O–H groups in total. The van der Waals surface area contributed by atoms with Crippen LogP contribution in [-0.2, 0) is 13.1 Å². The summed E-state index contributed by atoms with van der Waals surface area (Å²) in [5, 5.41) is 10.9. The van der Waals surface area contributed by atoms with E-state index in [9.17, 15) is 5.11 Å². The third-order valence-electron chi connectivity index (χ3n) is 4.36.